The Kier molecular flexibility index (Phi) is 4.67. The van der Waals surface area contributed by atoms with Gasteiger partial charge in [-0.05, 0) is 68.2 Å². The smallest absolute Gasteiger partial charge is 0.173 e. The average molecular weight is 324 g/mol. The van der Waals surface area contributed by atoms with Crippen molar-refractivity contribution in [2.24, 2.45) is 0 Å². The molecule has 0 bridgehead atoms. The molecule has 2 aromatic carbocycles. The third-order valence-corrected chi connectivity index (χ3v) is 5.14. The molecular weight excluding hydrogens is 300 g/mol. The number of nitrogens with zero attached hydrogens (tertiary/aromatic N) is 1. The van der Waals surface area contributed by atoms with Gasteiger partial charge in [-0.2, -0.15) is 0 Å². The van der Waals surface area contributed by atoms with Crippen LogP contribution < -0.4 is 5.32 Å². The van der Waals surface area contributed by atoms with E-state index >= 15 is 0 Å². The van der Waals surface area contributed by atoms with Crippen molar-refractivity contribution in [1.29, 1.82) is 0 Å². The minimum Gasteiger partial charge on any atom is -0.348 e. The Hall–Kier alpha value is -1.87. The van der Waals surface area contributed by atoms with Gasteiger partial charge in [-0.25, -0.2) is 0 Å². The Morgan fingerprint density at radius 1 is 1.04 bits per heavy atom. The number of hydrogen-bond donors (Lipinski definition) is 1. The van der Waals surface area contributed by atoms with E-state index in [-0.39, 0.29) is 0 Å². The summed E-state index contributed by atoms with van der Waals surface area (Å²) in [5.74, 6) is 0.579. The standard InChI is InChI=1S/C20H24N2S/c1-14-4-7-17(8-5-14)18-10-11-22(13-18)20(23)21-19-9-6-15(2)16(3)12-19/h4-9,12,18H,10-11,13H2,1-3H3,(H,21,23). The van der Waals surface area contributed by atoms with Crippen LogP contribution in [0.1, 0.15) is 34.6 Å². The van der Waals surface area contributed by atoms with E-state index in [1.807, 2.05) is 0 Å². The van der Waals surface area contributed by atoms with Crippen molar-refractivity contribution in [1.82, 2.24) is 4.90 Å². The fraction of sp³-hybridized carbons (Fsp3) is 0.350. The SMILES string of the molecule is Cc1ccc(C2CCN(C(=S)Nc3ccc(C)c(C)c3)C2)cc1. The van der Waals surface area contributed by atoms with Crippen LogP contribution in [0.5, 0.6) is 0 Å². The third-order valence-electron chi connectivity index (χ3n) is 4.78. The molecule has 3 rings (SSSR count). The highest BCUT2D eigenvalue weighted by Crippen LogP contribution is 2.28. The molecule has 1 aliphatic heterocycles. The molecule has 0 aliphatic carbocycles. The highest BCUT2D eigenvalue weighted by atomic mass is 32.1. The van der Waals surface area contributed by atoms with Gasteiger partial charge in [-0.3, -0.25) is 0 Å². The number of benzene rings is 2. The molecule has 0 aromatic heterocycles. The molecular formula is C20H24N2S. The molecule has 2 nitrogen and oxygen atoms in total. The molecule has 2 aromatic rings. The molecule has 1 atom stereocenters. The lowest BCUT2D eigenvalue weighted by Crippen LogP contribution is -2.32. The van der Waals surface area contributed by atoms with Crippen molar-refractivity contribution in [3.8, 4) is 0 Å². The summed E-state index contributed by atoms with van der Waals surface area (Å²) in [6.07, 6.45) is 1.16. The van der Waals surface area contributed by atoms with Crippen LogP contribution in [0.3, 0.4) is 0 Å². The second-order valence-corrected chi connectivity index (χ2v) is 6.96. The Bertz CT molecular complexity index is 706. The molecule has 1 heterocycles. The van der Waals surface area contributed by atoms with Gasteiger partial charge >= 0.3 is 0 Å². The fourth-order valence-corrected chi connectivity index (χ4v) is 3.36. The van der Waals surface area contributed by atoms with E-state index in [9.17, 15) is 0 Å². The van der Waals surface area contributed by atoms with E-state index in [4.69, 9.17) is 12.2 Å². The molecule has 0 saturated carbocycles. The molecule has 1 aliphatic rings. The molecule has 3 heteroatoms. The van der Waals surface area contributed by atoms with Crippen molar-refractivity contribution >= 4 is 23.0 Å². The Labute approximate surface area is 144 Å². The first-order valence-corrected chi connectivity index (χ1v) is 8.63. The zero-order valence-corrected chi connectivity index (χ0v) is 14.9. The highest BCUT2D eigenvalue weighted by Gasteiger charge is 2.25. The molecule has 0 amide bonds. The normalized spacial score (nSPS) is 17.3. The number of nitrogens with one attached hydrogen (secondary N) is 1. The minimum atomic E-state index is 0.579. The molecule has 0 radical (unpaired) electrons. The lowest BCUT2D eigenvalue weighted by Gasteiger charge is -2.21. The zero-order valence-electron chi connectivity index (χ0n) is 14.1. The summed E-state index contributed by atoms with van der Waals surface area (Å²) < 4.78 is 0. The first-order chi connectivity index (χ1) is 11.0. The fourth-order valence-electron chi connectivity index (χ4n) is 3.08. The topological polar surface area (TPSA) is 15.3 Å². The van der Waals surface area contributed by atoms with Crippen molar-refractivity contribution < 1.29 is 0 Å². The Balaban J connectivity index is 1.63. The number of aryl methyl sites for hydroxylation is 3. The molecule has 23 heavy (non-hydrogen) atoms. The summed E-state index contributed by atoms with van der Waals surface area (Å²) in [7, 11) is 0. The van der Waals surface area contributed by atoms with Gasteiger partial charge in [-0.1, -0.05) is 35.9 Å². The zero-order chi connectivity index (χ0) is 16.4. The van der Waals surface area contributed by atoms with Crippen molar-refractivity contribution in [3.63, 3.8) is 0 Å². The van der Waals surface area contributed by atoms with Crippen molar-refractivity contribution in [2.75, 3.05) is 18.4 Å². The summed E-state index contributed by atoms with van der Waals surface area (Å²) in [5, 5.41) is 4.23. The largest absolute Gasteiger partial charge is 0.348 e. The molecule has 1 fully saturated rings. The predicted molar refractivity (Wildman–Crippen MR) is 102 cm³/mol. The number of anilines is 1. The van der Waals surface area contributed by atoms with Crippen LogP contribution in [-0.2, 0) is 0 Å². The van der Waals surface area contributed by atoms with Crippen LogP contribution in [0, 0.1) is 20.8 Å². The number of rotatable bonds is 2. The van der Waals surface area contributed by atoms with Gasteiger partial charge in [0.25, 0.3) is 0 Å². The number of thiocarbonyl (C=S) groups is 1. The molecule has 1 saturated heterocycles. The van der Waals surface area contributed by atoms with Gasteiger partial charge in [-0.15, -0.1) is 0 Å². The summed E-state index contributed by atoms with van der Waals surface area (Å²) in [6.45, 7) is 8.42. The maximum Gasteiger partial charge on any atom is 0.173 e. The maximum absolute atomic E-state index is 5.61. The van der Waals surface area contributed by atoms with Crippen LogP contribution in [0.25, 0.3) is 0 Å². The third kappa shape index (κ3) is 3.73. The summed E-state index contributed by atoms with van der Waals surface area (Å²) in [4.78, 5) is 2.29. The van der Waals surface area contributed by atoms with Gasteiger partial charge in [0.05, 0.1) is 0 Å². The lowest BCUT2D eigenvalue weighted by molar-refractivity contribution is 0.518. The van der Waals surface area contributed by atoms with Crippen LogP contribution in [0.15, 0.2) is 42.5 Å². The quantitative estimate of drug-likeness (QED) is 0.799. The number of hydrogen-bond acceptors (Lipinski definition) is 1. The van der Waals surface area contributed by atoms with E-state index in [0.29, 0.717) is 5.92 Å². The van der Waals surface area contributed by atoms with Gasteiger partial charge in [0, 0.05) is 24.7 Å². The van der Waals surface area contributed by atoms with Gasteiger partial charge in [0.1, 0.15) is 0 Å². The van der Waals surface area contributed by atoms with Gasteiger partial charge in [0.15, 0.2) is 5.11 Å². The van der Waals surface area contributed by atoms with Gasteiger partial charge in [0.2, 0.25) is 0 Å². The first kappa shape index (κ1) is 16.0. The molecule has 1 unspecified atom stereocenters. The molecule has 0 spiro atoms. The maximum atomic E-state index is 5.61. The van der Waals surface area contributed by atoms with E-state index in [1.54, 1.807) is 0 Å². The van der Waals surface area contributed by atoms with E-state index < -0.39 is 0 Å². The first-order valence-electron chi connectivity index (χ1n) is 8.22. The van der Waals surface area contributed by atoms with Crippen LogP contribution >= 0.6 is 12.2 Å². The monoisotopic (exact) mass is 324 g/mol. The summed E-state index contributed by atoms with van der Waals surface area (Å²) in [6, 6.07) is 15.3. The highest BCUT2D eigenvalue weighted by molar-refractivity contribution is 7.80. The second kappa shape index (κ2) is 6.71. The lowest BCUT2D eigenvalue weighted by atomic mass is 9.98. The van der Waals surface area contributed by atoms with Gasteiger partial charge < -0.3 is 10.2 Å². The Morgan fingerprint density at radius 2 is 1.78 bits per heavy atom. The molecule has 1 N–H and O–H groups in total. The van der Waals surface area contributed by atoms with E-state index in [0.717, 1.165) is 30.3 Å². The van der Waals surface area contributed by atoms with Crippen LogP contribution in [0.2, 0.25) is 0 Å². The predicted octanol–water partition coefficient (Wildman–Crippen LogP) is 4.80. The number of likely N-dealkylation sites (tertiary alicyclic amines) is 1. The summed E-state index contributed by atoms with van der Waals surface area (Å²) >= 11 is 5.61. The van der Waals surface area contributed by atoms with E-state index in [1.165, 1.54) is 22.3 Å². The second-order valence-electron chi connectivity index (χ2n) is 6.57. The summed E-state index contributed by atoms with van der Waals surface area (Å²) in [5.41, 5.74) is 6.42. The Morgan fingerprint density at radius 3 is 2.48 bits per heavy atom. The minimum absolute atomic E-state index is 0.579. The van der Waals surface area contributed by atoms with E-state index in [2.05, 4.69) is 73.5 Å². The van der Waals surface area contributed by atoms with Crippen LogP contribution in [0.4, 0.5) is 5.69 Å². The molecule has 120 valence electrons. The average Bonchev–Trinajstić information content (AvgIpc) is 3.02. The van der Waals surface area contributed by atoms with Crippen LogP contribution in [-0.4, -0.2) is 23.1 Å². The van der Waals surface area contributed by atoms with Crippen molar-refractivity contribution in [3.05, 3.63) is 64.7 Å². The van der Waals surface area contributed by atoms with Crippen molar-refractivity contribution in [2.45, 2.75) is 33.1 Å².